The number of hydrogen-bond donors (Lipinski definition) is 1. The number of rotatable bonds is 6. The fraction of sp³-hybridized carbons (Fsp3) is 0.571. The van der Waals surface area contributed by atoms with E-state index in [-0.39, 0.29) is 11.1 Å². The van der Waals surface area contributed by atoms with Gasteiger partial charge in [0.05, 0.1) is 5.56 Å². The molecular formula is C14H19ClF3N. The van der Waals surface area contributed by atoms with E-state index < -0.39 is 11.7 Å². The van der Waals surface area contributed by atoms with Crippen LogP contribution in [0.4, 0.5) is 18.9 Å². The first-order valence-electron chi connectivity index (χ1n) is 6.47. The van der Waals surface area contributed by atoms with Crippen molar-refractivity contribution < 1.29 is 13.2 Å². The van der Waals surface area contributed by atoms with Crippen LogP contribution in [0.2, 0.25) is 5.02 Å². The molecule has 0 bridgehead atoms. The molecule has 0 spiro atoms. The van der Waals surface area contributed by atoms with Gasteiger partial charge in [-0.1, -0.05) is 37.8 Å². The van der Waals surface area contributed by atoms with Crippen LogP contribution in [0.15, 0.2) is 18.2 Å². The average Bonchev–Trinajstić information content (AvgIpc) is 2.27. The molecule has 0 fully saturated rings. The first kappa shape index (κ1) is 16.2. The molecule has 0 amide bonds. The van der Waals surface area contributed by atoms with E-state index >= 15 is 0 Å². The van der Waals surface area contributed by atoms with Gasteiger partial charge < -0.3 is 5.32 Å². The molecule has 1 atom stereocenters. The monoisotopic (exact) mass is 293 g/mol. The maximum Gasteiger partial charge on any atom is 0.416 e. The maximum absolute atomic E-state index is 12.6. The van der Waals surface area contributed by atoms with Crippen molar-refractivity contribution in [2.45, 2.75) is 51.7 Å². The van der Waals surface area contributed by atoms with Gasteiger partial charge in [0.1, 0.15) is 0 Å². The largest absolute Gasteiger partial charge is 0.416 e. The highest BCUT2D eigenvalue weighted by atomic mass is 35.5. The van der Waals surface area contributed by atoms with E-state index in [1.807, 2.05) is 6.92 Å². The number of halogens is 4. The van der Waals surface area contributed by atoms with Crippen LogP contribution in [0, 0.1) is 0 Å². The van der Waals surface area contributed by atoms with Crippen LogP contribution in [0.5, 0.6) is 0 Å². The lowest BCUT2D eigenvalue weighted by Crippen LogP contribution is -2.15. The SMILES string of the molecule is CCCCCC(C)Nc1cc(Cl)cc(C(F)(F)F)c1. The third kappa shape index (κ3) is 5.72. The van der Waals surface area contributed by atoms with Crippen LogP contribution in [0.25, 0.3) is 0 Å². The highest BCUT2D eigenvalue weighted by molar-refractivity contribution is 6.30. The molecule has 1 unspecified atom stereocenters. The topological polar surface area (TPSA) is 12.0 Å². The first-order valence-corrected chi connectivity index (χ1v) is 6.85. The molecule has 0 heterocycles. The second-order valence-electron chi connectivity index (χ2n) is 4.77. The molecule has 0 saturated carbocycles. The standard InChI is InChI=1S/C14H19ClF3N/c1-3-4-5-6-10(2)19-13-8-11(14(16,17)18)7-12(15)9-13/h7-10,19H,3-6H2,1-2H3. The number of benzene rings is 1. The molecule has 5 heteroatoms. The number of anilines is 1. The molecule has 1 aromatic carbocycles. The lowest BCUT2D eigenvalue weighted by Gasteiger charge is -2.17. The third-order valence-corrected chi connectivity index (χ3v) is 3.10. The molecule has 0 aliphatic carbocycles. The number of alkyl halides is 3. The summed E-state index contributed by atoms with van der Waals surface area (Å²) < 4.78 is 37.9. The summed E-state index contributed by atoms with van der Waals surface area (Å²) >= 11 is 5.73. The second-order valence-corrected chi connectivity index (χ2v) is 5.20. The Bertz CT molecular complexity index is 404. The molecule has 108 valence electrons. The van der Waals surface area contributed by atoms with Gasteiger partial charge in [-0.3, -0.25) is 0 Å². The van der Waals surface area contributed by atoms with Crippen molar-refractivity contribution in [3.8, 4) is 0 Å². The van der Waals surface area contributed by atoms with Crippen molar-refractivity contribution in [3.63, 3.8) is 0 Å². The first-order chi connectivity index (χ1) is 8.82. The van der Waals surface area contributed by atoms with Crippen LogP contribution >= 0.6 is 11.6 Å². The van der Waals surface area contributed by atoms with E-state index in [9.17, 15) is 13.2 Å². The quantitative estimate of drug-likeness (QED) is 0.660. The summed E-state index contributed by atoms with van der Waals surface area (Å²) in [7, 11) is 0. The molecule has 0 radical (unpaired) electrons. The summed E-state index contributed by atoms with van der Waals surface area (Å²) in [5.74, 6) is 0. The molecule has 1 rings (SSSR count). The van der Waals surface area contributed by atoms with Crippen molar-refractivity contribution in [2.24, 2.45) is 0 Å². The van der Waals surface area contributed by atoms with E-state index in [0.29, 0.717) is 5.69 Å². The summed E-state index contributed by atoms with van der Waals surface area (Å²) in [6, 6.07) is 3.69. The molecule has 1 N–H and O–H groups in total. The minimum absolute atomic E-state index is 0.0954. The third-order valence-electron chi connectivity index (χ3n) is 2.88. The van der Waals surface area contributed by atoms with Gasteiger partial charge >= 0.3 is 6.18 Å². The normalized spacial score (nSPS) is 13.4. The zero-order valence-corrected chi connectivity index (χ0v) is 11.9. The Morgan fingerprint density at radius 2 is 1.89 bits per heavy atom. The van der Waals surface area contributed by atoms with Crippen molar-refractivity contribution in [1.29, 1.82) is 0 Å². The van der Waals surface area contributed by atoms with E-state index in [2.05, 4.69) is 12.2 Å². The van der Waals surface area contributed by atoms with Crippen LogP contribution in [0.3, 0.4) is 0 Å². The van der Waals surface area contributed by atoms with E-state index in [4.69, 9.17) is 11.6 Å². The summed E-state index contributed by atoms with van der Waals surface area (Å²) in [6.45, 7) is 4.08. The molecule has 19 heavy (non-hydrogen) atoms. The van der Waals surface area contributed by atoms with Crippen molar-refractivity contribution in [1.82, 2.24) is 0 Å². The van der Waals surface area contributed by atoms with Gasteiger partial charge in [-0.05, 0) is 31.5 Å². The number of hydrogen-bond acceptors (Lipinski definition) is 1. The summed E-state index contributed by atoms with van der Waals surface area (Å²) in [5.41, 5.74) is -0.299. The van der Waals surface area contributed by atoms with Crippen LogP contribution in [0.1, 0.15) is 45.1 Å². The predicted molar refractivity (Wildman–Crippen MR) is 73.7 cm³/mol. The van der Waals surface area contributed by atoms with Crippen molar-refractivity contribution >= 4 is 17.3 Å². The Labute approximate surface area is 117 Å². The summed E-state index contributed by atoms with van der Waals surface area (Å²) in [5, 5.41) is 3.17. The molecule has 0 aromatic heterocycles. The lowest BCUT2D eigenvalue weighted by atomic mass is 10.1. The Hall–Kier alpha value is -0.900. The van der Waals surface area contributed by atoms with Gasteiger partial charge in [0.2, 0.25) is 0 Å². The van der Waals surface area contributed by atoms with E-state index in [0.717, 1.165) is 37.8 Å². The number of unbranched alkanes of at least 4 members (excludes halogenated alkanes) is 2. The highest BCUT2D eigenvalue weighted by Gasteiger charge is 2.31. The lowest BCUT2D eigenvalue weighted by molar-refractivity contribution is -0.137. The van der Waals surface area contributed by atoms with E-state index in [1.165, 1.54) is 6.07 Å². The fourth-order valence-electron chi connectivity index (χ4n) is 1.89. The van der Waals surface area contributed by atoms with Crippen LogP contribution in [-0.2, 0) is 6.18 Å². The van der Waals surface area contributed by atoms with Gasteiger partial charge in [0, 0.05) is 16.8 Å². The zero-order chi connectivity index (χ0) is 14.5. The van der Waals surface area contributed by atoms with Crippen LogP contribution < -0.4 is 5.32 Å². The molecular weight excluding hydrogens is 275 g/mol. The van der Waals surface area contributed by atoms with Gasteiger partial charge in [-0.2, -0.15) is 13.2 Å². The molecule has 0 aliphatic rings. The minimum atomic E-state index is -4.37. The molecule has 1 aromatic rings. The average molecular weight is 294 g/mol. The Balaban J connectivity index is 2.70. The maximum atomic E-state index is 12.6. The molecule has 0 aliphatic heterocycles. The molecule has 1 nitrogen and oxygen atoms in total. The zero-order valence-electron chi connectivity index (χ0n) is 11.1. The van der Waals surface area contributed by atoms with Gasteiger partial charge in [0.15, 0.2) is 0 Å². The van der Waals surface area contributed by atoms with Crippen LogP contribution in [-0.4, -0.2) is 6.04 Å². The fourth-order valence-corrected chi connectivity index (χ4v) is 2.13. The Kier molecular flexibility index (Phi) is 5.98. The van der Waals surface area contributed by atoms with E-state index in [1.54, 1.807) is 0 Å². The van der Waals surface area contributed by atoms with Crippen molar-refractivity contribution in [2.75, 3.05) is 5.32 Å². The summed E-state index contributed by atoms with van der Waals surface area (Å²) in [4.78, 5) is 0. The Morgan fingerprint density at radius 3 is 2.47 bits per heavy atom. The van der Waals surface area contributed by atoms with Gasteiger partial charge in [-0.15, -0.1) is 0 Å². The Morgan fingerprint density at radius 1 is 1.21 bits per heavy atom. The second kappa shape index (κ2) is 7.04. The smallest absolute Gasteiger partial charge is 0.383 e. The van der Waals surface area contributed by atoms with Gasteiger partial charge in [-0.25, -0.2) is 0 Å². The number of nitrogens with one attached hydrogen (secondary N) is 1. The minimum Gasteiger partial charge on any atom is -0.383 e. The molecule has 0 saturated heterocycles. The van der Waals surface area contributed by atoms with Crippen molar-refractivity contribution in [3.05, 3.63) is 28.8 Å². The predicted octanol–water partition coefficient (Wildman–Crippen LogP) is 5.74. The summed E-state index contributed by atoms with van der Waals surface area (Å²) in [6.07, 6.45) is -0.108. The van der Waals surface area contributed by atoms with Gasteiger partial charge in [0.25, 0.3) is 0 Å². The highest BCUT2D eigenvalue weighted by Crippen LogP contribution is 2.33.